The lowest BCUT2D eigenvalue weighted by Crippen LogP contribution is -2.25. The topological polar surface area (TPSA) is 35.5 Å². The molecule has 2 aliphatic rings. The van der Waals surface area contributed by atoms with Crippen molar-refractivity contribution < 1.29 is 27.4 Å². The molecular weight excluding hydrogens is 465 g/mol. The zero-order valence-corrected chi connectivity index (χ0v) is 21.3. The van der Waals surface area contributed by atoms with E-state index in [4.69, 9.17) is 9.47 Å². The van der Waals surface area contributed by atoms with Crippen LogP contribution in [-0.2, 0) is 4.79 Å². The van der Waals surface area contributed by atoms with Crippen LogP contribution in [0.15, 0.2) is 30.3 Å². The fourth-order valence-electron chi connectivity index (χ4n) is 5.58. The predicted molar refractivity (Wildman–Crippen MR) is 134 cm³/mol. The van der Waals surface area contributed by atoms with Crippen LogP contribution in [-0.4, -0.2) is 12.6 Å². The van der Waals surface area contributed by atoms with Gasteiger partial charge in [0.1, 0.15) is 0 Å². The average Bonchev–Trinajstić information content (AvgIpc) is 2.89. The number of benzene rings is 2. The monoisotopic (exact) mass is 502 g/mol. The quantitative estimate of drug-likeness (QED) is 0.206. The number of carbonyl (C=O) groups is 1. The van der Waals surface area contributed by atoms with Crippen molar-refractivity contribution in [2.75, 3.05) is 6.61 Å². The summed E-state index contributed by atoms with van der Waals surface area (Å²) in [4.78, 5) is 12.7. The third-order valence-electron chi connectivity index (χ3n) is 7.99. The highest BCUT2D eigenvalue weighted by Gasteiger charge is 2.31. The van der Waals surface area contributed by atoms with Crippen molar-refractivity contribution in [1.82, 2.24) is 0 Å². The number of halogens is 3. The van der Waals surface area contributed by atoms with Crippen LogP contribution >= 0.6 is 0 Å². The molecule has 2 aromatic rings. The van der Waals surface area contributed by atoms with Gasteiger partial charge in [-0.2, -0.15) is 4.39 Å². The lowest BCUT2D eigenvalue weighted by atomic mass is 9.78. The number of carbonyl (C=O) groups excluding carboxylic acids is 1. The van der Waals surface area contributed by atoms with Gasteiger partial charge in [-0.25, -0.2) is 8.78 Å². The molecule has 4 rings (SSSR count). The van der Waals surface area contributed by atoms with E-state index in [1.54, 1.807) is 12.1 Å². The second-order valence-electron chi connectivity index (χ2n) is 10.6. The van der Waals surface area contributed by atoms with Crippen LogP contribution in [0.5, 0.6) is 11.5 Å². The molecule has 6 heteroatoms. The maximum absolute atomic E-state index is 14.8. The van der Waals surface area contributed by atoms with Gasteiger partial charge in [-0.15, -0.1) is 0 Å². The molecule has 0 heterocycles. The summed E-state index contributed by atoms with van der Waals surface area (Å²) in [5.74, 6) is -2.56. The zero-order valence-electron chi connectivity index (χ0n) is 21.3. The minimum atomic E-state index is -1.08. The lowest BCUT2D eigenvalue weighted by Gasteiger charge is -2.28. The number of hydrogen-bond donors (Lipinski definition) is 0. The van der Waals surface area contributed by atoms with Crippen LogP contribution in [0.3, 0.4) is 0 Å². The van der Waals surface area contributed by atoms with E-state index in [-0.39, 0.29) is 35.1 Å². The molecule has 0 spiro atoms. The first-order chi connectivity index (χ1) is 17.4. The summed E-state index contributed by atoms with van der Waals surface area (Å²) in [7, 11) is 0. The smallest absolute Gasteiger partial charge is 0.314 e. The van der Waals surface area contributed by atoms with Crippen LogP contribution in [0, 0.1) is 29.3 Å². The molecule has 0 N–H and O–H groups in total. The van der Waals surface area contributed by atoms with Gasteiger partial charge in [0.25, 0.3) is 0 Å². The van der Waals surface area contributed by atoms with Crippen molar-refractivity contribution in [3.8, 4) is 11.5 Å². The largest absolute Gasteiger partial charge is 0.491 e. The molecule has 0 radical (unpaired) electrons. The maximum atomic E-state index is 14.8. The van der Waals surface area contributed by atoms with Gasteiger partial charge < -0.3 is 9.47 Å². The van der Waals surface area contributed by atoms with Gasteiger partial charge in [-0.05, 0) is 92.0 Å². The zero-order chi connectivity index (χ0) is 25.7. The molecule has 3 nitrogen and oxygen atoms in total. The minimum absolute atomic E-state index is 0.0116. The Kier molecular flexibility index (Phi) is 8.97. The lowest BCUT2D eigenvalue weighted by molar-refractivity contribution is -0.140. The highest BCUT2D eigenvalue weighted by molar-refractivity contribution is 5.75. The molecule has 0 atom stereocenters. The first kappa shape index (κ1) is 26.6. The number of ether oxygens (including phenoxy) is 2. The van der Waals surface area contributed by atoms with E-state index in [1.807, 2.05) is 6.07 Å². The molecule has 2 aliphatic carbocycles. The molecule has 2 fully saturated rings. The molecule has 0 amide bonds. The van der Waals surface area contributed by atoms with Crippen LogP contribution < -0.4 is 9.47 Å². The Bertz CT molecular complexity index is 1040. The van der Waals surface area contributed by atoms with E-state index in [1.165, 1.54) is 12.1 Å². The highest BCUT2D eigenvalue weighted by Crippen LogP contribution is 2.40. The second-order valence-corrected chi connectivity index (χ2v) is 10.6. The SMILES string of the molecule is CCCCOc1ccc(C2CCC(C(=O)Oc3ccc(C4CCC(C)CC4)c(F)c3F)CC2)cc1F. The Labute approximate surface area is 212 Å². The van der Waals surface area contributed by atoms with Crippen LogP contribution in [0.2, 0.25) is 0 Å². The van der Waals surface area contributed by atoms with E-state index in [0.717, 1.165) is 44.1 Å². The van der Waals surface area contributed by atoms with Gasteiger partial charge in [0.05, 0.1) is 12.5 Å². The molecule has 0 unspecified atom stereocenters. The normalized spacial score (nSPS) is 24.4. The summed E-state index contributed by atoms with van der Waals surface area (Å²) in [6.07, 6.45) is 8.08. The maximum Gasteiger partial charge on any atom is 0.314 e. The number of esters is 1. The van der Waals surface area contributed by atoms with E-state index in [0.29, 0.717) is 43.8 Å². The van der Waals surface area contributed by atoms with Gasteiger partial charge >= 0.3 is 5.97 Å². The Balaban J connectivity index is 1.32. The van der Waals surface area contributed by atoms with Crippen LogP contribution in [0.1, 0.15) is 101 Å². The third kappa shape index (κ3) is 6.24. The summed E-state index contributed by atoms with van der Waals surface area (Å²) in [6.45, 7) is 4.73. The Hall–Kier alpha value is -2.50. The predicted octanol–water partition coefficient (Wildman–Crippen LogP) is 8.46. The van der Waals surface area contributed by atoms with Gasteiger partial charge in [0.15, 0.2) is 23.1 Å². The van der Waals surface area contributed by atoms with E-state index in [2.05, 4.69) is 13.8 Å². The van der Waals surface area contributed by atoms with Crippen molar-refractivity contribution in [1.29, 1.82) is 0 Å². The van der Waals surface area contributed by atoms with Gasteiger partial charge in [0.2, 0.25) is 5.82 Å². The molecule has 0 aromatic heterocycles. The molecule has 0 bridgehead atoms. The summed E-state index contributed by atoms with van der Waals surface area (Å²) in [5, 5.41) is 0. The minimum Gasteiger partial charge on any atom is -0.491 e. The number of unbranched alkanes of at least 4 members (excludes halogenated alkanes) is 1. The summed E-state index contributed by atoms with van der Waals surface area (Å²) < 4.78 is 54.9. The number of hydrogen-bond acceptors (Lipinski definition) is 3. The molecule has 2 saturated carbocycles. The van der Waals surface area contributed by atoms with Crippen molar-refractivity contribution in [2.45, 2.75) is 89.9 Å². The average molecular weight is 503 g/mol. The third-order valence-corrected chi connectivity index (χ3v) is 7.99. The fourth-order valence-corrected chi connectivity index (χ4v) is 5.58. The molecule has 0 saturated heterocycles. The summed E-state index contributed by atoms with van der Waals surface area (Å²) in [6, 6.07) is 8.05. The Morgan fingerprint density at radius 1 is 0.861 bits per heavy atom. The van der Waals surface area contributed by atoms with E-state index in [9.17, 15) is 18.0 Å². The van der Waals surface area contributed by atoms with Gasteiger partial charge in [-0.3, -0.25) is 4.79 Å². The standard InChI is InChI=1S/C30H37F3O3/c1-3-4-17-35-26-15-13-23(18-25(26)31)20-9-11-22(12-10-20)30(34)36-27-16-14-24(28(32)29(27)33)21-7-5-19(2)6-8-21/h13-16,18-22H,3-12,17H2,1-2H3. The second kappa shape index (κ2) is 12.2. The Morgan fingerprint density at radius 3 is 2.19 bits per heavy atom. The van der Waals surface area contributed by atoms with Gasteiger partial charge in [-0.1, -0.05) is 45.2 Å². The molecule has 196 valence electrons. The molecular formula is C30H37F3O3. The first-order valence-electron chi connectivity index (χ1n) is 13.5. The van der Waals surface area contributed by atoms with Gasteiger partial charge in [0, 0.05) is 0 Å². The molecule has 0 aliphatic heterocycles. The first-order valence-corrected chi connectivity index (χ1v) is 13.5. The van der Waals surface area contributed by atoms with Crippen molar-refractivity contribution >= 4 is 5.97 Å². The van der Waals surface area contributed by atoms with E-state index < -0.39 is 17.6 Å². The number of rotatable bonds is 8. The summed E-state index contributed by atoms with van der Waals surface area (Å²) in [5.41, 5.74) is 1.27. The Morgan fingerprint density at radius 2 is 1.53 bits per heavy atom. The van der Waals surface area contributed by atoms with Crippen molar-refractivity contribution in [3.63, 3.8) is 0 Å². The highest BCUT2D eigenvalue weighted by atomic mass is 19.2. The molecule has 2 aromatic carbocycles. The molecule has 36 heavy (non-hydrogen) atoms. The fraction of sp³-hybridized carbons (Fsp3) is 0.567. The van der Waals surface area contributed by atoms with Crippen LogP contribution in [0.25, 0.3) is 0 Å². The van der Waals surface area contributed by atoms with Crippen LogP contribution in [0.4, 0.5) is 13.2 Å². The van der Waals surface area contributed by atoms with E-state index >= 15 is 0 Å². The van der Waals surface area contributed by atoms with Crippen molar-refractivity contribution in [3.05, 3.63) is 58.9 Å². The van der Waals surface area contributed by atoms with Crippen molar-refractivity contribution in [2.24, 2.45) is 11.8 Å². The summed E-state index contributed by atoms with van der Waals surface area (Å²) >= 11 is 0.